The Bertz CT molecular complexity index is 604. The van der Waals surface area contributed by atoms with Crippen LogP contribution >= 0.6 is 15.9 Å². The molecule has 2 aromatic rings. The van der Waals surface area contributed by atoms with Gasteiger partial charge in [0.15, 0.2) is 5.82 Å². The first-order valence-electron chi connectivity index (χ1n) is 5.74. The first-order chi connectivity index (χ1) is 9.09. The third kappa shape index (κ3) is 3.17. The van der Waals surface area contributed by atoms with Gasteiger partial charge in [-0.2, -0.15) is 0 Å². The monoisotopic (exact) mass is 322 g/mol. The Labute approximate surface area is 119 Å². The Morgan fingerprint density at radius 3 is 2.79 bits per heavy atom. The van der Waals surface area contributed by atoms with E-state index in [-0.39, 0.29) is 11.6 Å². The quantitative estimate of drug-likeness (QED) is 0.940. The van der Waals surface area contributed by atoms with E-state index in [0.29, 0.717) is 0 Å². The van der Waals surface area contributed by atoms with Crippen LogP contribution in [0.5, 0.6) is 0 Å². The molecule has 1 unspecified atom stereocenters. The second-order valence-corrected chi connectivity index (χ2v) is 4.93. The third-order valence-corrected chi connectivity index (χ3v) is 3.46. The Balaban J connectivity index is 2.16. The first kappa shape index (κ1) is 13.7. The summed E-state index contributed by atoms with van der Waals surface area (Å²) in [5, 5.41) is 2.76. The second kappa shape index (κ2) is 5.93. The maximum absolute atomic E-state index is 13.4. The summed E-state index contributed by atoms with van der Waals surface area (Å²) < 4.78 is 14.3. The van der Waals surface area contributed by atoms with Crippen LogP contribution < -0.4 is 5.32 Å². The maximum Gasteiger partial charge on any atom is 0.254 e. The molecule has 3 nitrogen and oxygen atoms in total. The summed E-state index contributed by atoms with van der Waals surface area (Å²) in [5.74, 6) is -1.08. The van der Waals surface area contributed by atoms with Gasteiger partial charge in [0.25, 0.3) is 5.91 Å². The van der Waals surface area contributed by atoms with Crippen molar-refractivity contribution in [1.29, 1.82) is 0 Å². The zero-order valence-electron chi connectivity index (χ0n) is 10.2. The number of nitrogens with one attached hydrogen (secondary N) is 1. The average Bonchev–Trinajstić information content (AvgIpc) is 2.39. The number of amides is 1. The van der Waals surface area contributed by atoms with Gasteiger partial charge in [-0.25, -0.2) is 4.39 Å². The largest absolute Gasteiger partial charge is 0.345 e. The van der Waals surface area contributed by atoms with Crippen LogP contribution in [0.25, 0.3) is 0 Å². The fourth-order valence-electron chi connectivity index (χ4n) is 1.74. The van der Waals surface area contributed by atoms with Crippen molar-refractivity contribution in [2.75, 3.05) is 0 Å². The first-order valence-corrected chi connectivity index (χ1v) is 6.53. The van der Waals surface area contributed by atoms with Crippen LogP contribution in [0.1, 0.15) is 28.9 Å². The number of halogens is 2. The van der Waals surface area contributed by atoms with Gasteiger partial charge >= 0.3 is 0 Å². The number of rotatable bonds is 3. The van der Waals surface area contributed by atoms with Gasteiger partial charge < -0.3 is 5.32 Å². The van der Waals surface area contributed by atoms with E-state index in [9.17, 15) is 9.18 Å². The van der Waals surface area contributed by atoms with Gasteiger partial charge in [0.05, 0.1) is 17.8 Å². The van der Waals surface area contributed by atoms with E-state index in [2.05, 4.69) is 26.2 Å². The molecule has 5 heteroatoms. The molecule has 0 bridgehead atoms. The number of benzene rings is 1. The number of pyridine rings is 1. The Kier molecular flexibility index (Phi) is 4.27. The molecule has 1 heterocycles. The molecule has 1 aromatic carbocycles. The molecule has 1 N–H and O–H groups in total. The molecule has 0 spiro atoms. The molecule has 98 valence electrons. The number of carbonyl (C=O) groups excluding carboxylic acids is 1. The SMILES string of the molecule is CC(NC(=O)c1ccncc1F)c1ccccc1Br. The van der Waals surface area contributed by atoms with Gasteiger partial charge in [-0.1, -0.05) is 34.1 Å². The standard InChI is InChI=1S/C14H12BrFN2O/c1-9(10-4-2-3-5-12(10)15)18-14(19)11-6-7-17-8-13(11)16/h2-9H,1H3,(H,18,19). The summed E-state index contributed by atoms with van der Waals surface area (Å²) in [4.78, 5) is 15.6. The zero-order chi connectivity index (χ0) is 13.8. The van der Waals surface area contributed by atoms with Crippen LogP contribution in [-0.2, 0) is 0 Å². The average molecular weight is 323 g/mol. The van der Waals surface area contributed by atoms with Crippen LogP contribution in [0.2, 0.25) is 0 Å². The van der Waals surface area contributed by atoms with Crippen molar-refractivity contribution in [2.45, 2.75) is 13.0 Å². The van der Waals surface area contributed by atoms with E-state index in [1.165, 1.54) is 12.3 Å². The highest BCUT2D eigenvalue weighted by molar-refractivity contribution is 9.10. The van der Waals surface area contributed by atoms with Crippen molar-refractivity contribution in [3.8, 4) is 0 Å². The lowest BCUT2D eigenvalue weighted by Gasteiger charge is -2.16. The summed E-state index contributed by atoms with van der Waals surface area (Å²) in [6.45, 7) is 1.84. The van der Waals surface area contributed by atoms with Gasteiger partial charge in [0.2, 0.25) is 0 Å². The van der Waals surface area contributed by atoms with E-state index in [1.807, 2.05) is 31.2 Å². The minimum absolute atomic E-state index is 0.00564. The van der Waals surface area contributed by atoms with E-state index in [4.69, 9.17) is 0 Å². The van der Waals surface area contributed by atoms with E-state index in [1.54, 1.807) is 0 Å². The lowest BCUT2D eigenvalue weighted by molar-refractivity contribution is 0.0935. The third-order valence-electron chi connectivity index (χ3n) is 2.74. The minimum Gasteiger partial charge on any atom is -0.345 e. The zero-order valence-corrected chi connectivity index (χ0v) is 11.8. The summed E-state index contributed by atoms with van der Waals surface area (Å²) in [5.41, 5.74) is 0.930. The summed E-state index contributed by atoms with van der Waals surface area (Å²) >= 11 is 3.42. The fourth-order valence-corrected chi connectivity index (χ4v) is 2.37. The highest BCUT2D eigenvalue weighted by atomic mass is 79.9. The number of nitrogens with zero attached hydrogens (tertiary/aromatic N) is 1. The van der Waals surface area contributed by atoms with Crippen LogP contribution in [-0.4, -0.2) is 10.9 Å². The molecule has 0 radical (unpaired) electrons. The molecular weight excluding hydrogens is 311 g/mol. The normalized spacial score (nSPS) is 11.9. The molecule has 0 aliphatic heterocycles. The van der Waals surface area contributed by atoms with Crippen molar-refractivity contribution in [3.05, 3.63) is 64.1 Å². The highest BCUT2D eigenvalue weighted by Crippen LogP contribution is 2.23. The van der Waals surface area contributed by atoms with Crippen LogP contribution in [0, 0.1) is 5.82 Å². The predicted molar refractivity (Wildman–Crippen MR) is 74.2 cm³/mol. The lowest BCUT2D eigenvalue weighted by Crippen LogP contribution is -2.27. The van der Waals surface area contributed by atoms with E-state index in [0.717, 1.165) is 16.2 Å². The smallest absolute Gasteiger partial charge is 0.254 e. The predicted octanol–water partition coefficient (Wildman–Crippen LogP) is 3.47. The summed E-state index contributed by atoms with van der Waals surface area (Å²) in [6.07, 6.45) is 2.42. The number of carbonyl (C=O) groups is 1. The van der Waals surface area contributed by atoms with Crippen LogP contribution in [0.4, 0.5) is 4.39 Å². The lowest BCUT2D eigenvalue weighted by atomic mass is 10.1. The van der Waals surface area contributed by atoms with Gasteiger partial charge in [0.1, 0.15) is 0 Å². The van der Waals surface area contributed by atoms with Crippen LogP contribution in [0.15, 0.2) is 47.2 Å². The topological polar surface area (TPSA) is 42.0 Å². The van der Waals surface area contributed by atoms with Gasteiger partial charge in [-0.15, -0.1) is 0 Å². The maximum atomic E-state index is 13.4. The number of hydrogen-bond acceptors (Lipinski definition) is 2. The van der Waals surface area contributed by atoms with Crippen molar-refractivity contribution >= 4 is 21.8 Å². The molecule has 2 rings (SSSR count). The molecule has 1 amide bonds. The molecule has 0 aliphatic rings. The van der Waals surface area contributed by atoms with Crippen LogP contribution in [0.3, 0.4) is 0 Å². The Morgan fingerprint density at radius 2 is 2.11 bits per heavy atom. The molecule has 0 saturated heterocycles. The molecule has 1 aromatic heterocycles. The molecule has 0 fully saturated rings. The van der Waals surface area contributed by atoms with Gasteiger partial charge in [0, 0.05) is 10.7 Å². The molecule has 0 aliphatic carbocycles. The van der Waals surface area contributed by atoms with Crippen molar-refractivity contribution in [2.24, 2.45) is 0 Å². The van der Waals surface area contributed by atoms with E-state index >= 15 is 0 Å². The molecule has 1 atom stereocenters. The number of aromatic nitrogens is 1. The number of hydrogen-bond donors (Lipinski definition) is 1. The molecule has 19 heavy (non-hydrogen) atoms. The van der Waals surface area contributed by atoms with Crippen molar-refractivity contribution < 1.29 is 9.18 Å². The second-order valence-electron chi connectivity index (χ2n) is 4.07. The minimum atomic E-state index is -0.626. The van der Waals surface area contributed by atoms with Gasteiger partial charge in [-0.05, 0) is 24.6 Å². The molecular formula is C14H12BrFN2O. The summed E-state index contributed by atoms with van der Waals surface area (Å²) in [7, 11) is 0. The molecule has 0 saturated carbocycles. The fraction of sp³-hybridized carbons (Fsp3) is 0.143. The Hall–Kier alpha value is -1.75. The van der Waals surface area contributed by atoms with Crippen molar-refractivity contribution in [3.63, 3.8) is 0 Å². The van der Waals surface area contributed by atoms with Gasteiger partial charge in [-0.3, -0.25) is 9.78 Å². The highest BCUT2D eigenvalue weighted by Gasteiger charge is 2.16. The Morgan fingerprint density at radius 1 is 1.37 bits per heavy atom. The summed E-state index contributed by atoms with van der Waals surface area (Å²) in [6, 6.07) is 8.71. The van der Waals surface area contributed by atoms with E-state index < -0.39 is 11.7 Å². The van der Waals surface area contributed by atoms with Crippen molar-refractivity contribution in [1.82, 2.24) is 10.3 Å².